The molecule has 0 aromatic heterocycles. The monoisotopic (exact) mass is 325 g/mol. The molecule has 6 heteroatoms. The van der Waals surface area contributed by atoms with Gasteiger partial charge in [-0.05, 0) is 47.6 Å². The van der Waals surface area contributed by atoms with E-state index in [-0.39, 0.29) is 12.5 Å². The van der Waals surface area contributed by atoms with E-state index in [1.54, 1.807) is 30.3 Å². The van der Waals surface area contributed by atoms with Gasteiger partial charge in [-0.1, -0.05) is 42.5 Å². The van der Waals surface area contributed by atoms with Crippen LogP contribution < -0.4 is 10.9 Å². The SMILES string of the molecule is Cc1ccc(/C=C/C(=O)NOCc2ccc(B(O)O)cc2)cc1C. The standard InChI is InChI=1S/C18H20BNO4/c1-13-3-4-15(11-14(13)2)7-10-18(21)20-24-12-16-5-8-17(9-6-16)19(22)23/h3-11,22-23H,12H2,1-2H3,(H,20,21)/b10-7+. The number of benzene rings is 2. The number of carbonyl (C=O) groups excluding carboxylic acids is 1. The normalized spacial score (nSPS) is 10.8. The number of rotatable bonds is 6. The Morgan fingerprint density at radius 2 is 1.83 bits per heavy atom. The van der Waals surface area contributed by atoms with Gasteiger partial charge >= 0.3 is 7.12 Å². The fourth-order valence-electron chi connectivity index (χ4n) is 2.05. The van der Waals surface area contributed by atoms with Gasteiger partial charge in [0.2, 0.25) is 0 Å². The maximum atomic E-state index is 11.7. The quantitative estimate of drug-likeness (QED) is 0.424. The van der Waals surface area contributed by atoms with Gasteiger partial charge in [0.05, 0.1) is 6.61 Å². The minimum Gasteiger partial charge on any atom is -0.423 e. The Hall–Kier alpha value is -2.41. The van der Waals surface area contributed by atoms with Crippen molar-refractivity contribution in [1.82, 2.24) is 5.48 Å². The summed E-state index contributed by atoms with van der Waals surface area (Å²) in [5.74, 6) is -0.351. The van der Waals surface area contributed by atoms with Gasteiger partial charge in [0.25, 0.3) is 5.91 Å². The van der Waals surface area contributed by atoms with Crippen LogP contribution >= 0.6 is 0 Å². The topological polar surface area (TPSA) is 78.8 Å². The van der Waals surface area contributed by atoms with Crippen LogP contribution in [0.3, 0.4) is 0 Å². The van der Waals surface area contributed by atoms with Crippen LogP contribution in [0.15, 0.2) is 48.5 Å². The van der Waals surface area contributed by atoms with Crippen LogP contribution in [0.25, 0.3) is 6.08 Å². The zero-order valence-electron chi connectivity index (χ0n) is 13.7. The van der Waals surface area contributed by atoms with Crippen molar-refractivity contribution < 1.29 is 19.7 Å². The number of hydroxylamine groups is 1. The first-order valence-electron chi connectivity index (χ1n) is 7.58. The smallest absolute Gasteiger partial charge is 0.423 e. The lowest BCUT2D eigenvalue weighted by Crippen LogP contribution is -2.29. The first kappa shape index (κ1) is 17.9. The zero-order valence-corrected chi connectivity index (χ0v) is 13.7. The predicted octanol–water partition coefficient (Wildman–Crippen LogP) is 1.24. The fourth-order valence-corrected chi connectivity index (χ4v) is 2.05. The molecule has 0 radical (unpaired) electrons. The number of amides is 1. The van der Waals surface area contributed by atoms with Crippen LogP contribution in [-0.4, -0.2) is 23.1 Å². The summed E-state index contributed by atoms with van der Waals surface area (Å²) in [6.45, 7) is 4.25. The molecule has 2 rings (SSSR count). The summed E-state index contributed by atoms with van der Waals surface area (Å²) in [6, 6.07) is 12.5. The summed E-state index contributed by atoms with van der Waals surface area (Å²) in [6.07, 6.45) is 3.14. The third-order valence-electron chi connectivity index (χ3n) is 3.65. The lowest BCUT2D eigenvalue weighted by molar-refractivity contribution is -0.129. The minimum absolute atomic E-state index is 0.186. The van der Waals surface area contributed by atoms with Crippen molar-refractivity contribution in [3.8, 4) is 0 Å². The highest BCUT2D eigenvalue weighted by Gasteiger charge is 2.09. The number of hydrogen-bond acceptors (Lipinski definition) is 4. The summed E-state index contributed by atoms with van der Waals surface area (Å²) in [7, 11) is -1.49. The molecule has 1 amide bonds. The molecule has 2 aromatic rings. The van der Waals surface area contributed by atoms with E-state index in [1.165, 1.54) is 17.2 Å². The predicted molar refractivity (Wildman–Crippen MR) is 94.1 cm³/mol. The minimum atomic E-state index is -1.49. The number of nitrogens with one attached hydrogen (secondary N) is 1. The third kappa shape index (κ3) is 5.35. The lowest BCUT2D eigenvalue weighted by atomic mass is 9.80. The third-order valence-corrected chi connectivity index (χ3v) is 3.65. The number of carbonyl (C=O) groups is 1. The Labute approximate surface area is 141 Å². The van der Waals surface area contributed by atoms with E-state index in [9.17, 15) is 4.79 Å². The van der Waals surface area contributed by atoms with Gasteiger partial charge < -0.3 is 10.0 Å². The van der Waals surface area contributed by atoms with Crippen molar-refractivity contribution in [3.63, 3.8) is 0 Å². The summed E-state index contributed by atoms with van der Waals surface area (Å²) >= 11 is 0. The molecular weight excluding hydrogens is 305 g/mol. The molecule has 0 aliphatic heterocycles. The molecule has 0 spiro atoms. The van der Waals surface area contributed by atoms with Crippen molar-refractivity contribution in [2.24, 2.45) is 0 Å². The van der Waals surface area contributed by atoms with Crippen molar-refractivity contribution in [3.05, 3.63) is 70.8 Å². The molecular formula is C18H20BNO4. The molecule has 0 fully saturated rings. The highest BCUT2D eigenvalue weighted by atomic mass is 16.6. The Bertz CT molecular complexity index is 726. The Morgan fingerprint density at radius 1 is 1.12 bits per heavy atom. The second kappa shape index (κ2) is 8.45. The van der Waals surface area contributed by atoms with Crippen LogP contribution in [0.4, 0.5) is 0 Å². The number of aryl methyl sites for hydroxylation is 2. The molecule has 124 valence electrons. The molecule has 0 aliphatic carbocycles. The van der Waals surface area contributed by atoms with Gasteiger partial charge in [-0.25, -0.2) is 5.48 Å². The van der Waals surface area contributed by atoms with E-state index in [0.29, 0.717) is 5.46 Å². The summed E-state index contributed by atoms with van der Waals surface area (Å²) in [4.78, 5) is 16.9. The largest absolute Gasteiger partial charge is 0.488 e. The van der Waals surface area contributed by atoms with Crippen molar-refractivity contribution in [2.45, 2.75) is 20.5 Å². The molecule has 0 unspecified atom stereocenters. The average molecular weight is 325 g/mol. The van der Waals surface area contributed by atoms with Gasteiger partial charge in [0.1, 0.15) is 0 Å². The van der Waals surface area contributed by atoms with Gasteiger partial charge in [-0.15, -0.1) is 0 Å². The molecule has 0 saturated heterocycles. The fraction of sp³-hybridized carbons (Fsp3) is 0.167. The maximum Gasteiger partial charge on any atom is 0.488 e. The van der Waals surface area contributed by atoms with Crippen LogP contribution in [0.1, 0.15) is 22.3 Å². The van der Waals surface area contributed by atoms with Crippen LogP contribution in [0.2, 0.25) is 0 Å². The van der Waals surface area contributed by atoms with E-state index in [2.05, 4.69) is 5.48 Å². The Kier molecular flexibility index (Phi) is 6.32. The Balaban J connectivity index is 1.80. The molecule has 24 heavy (non-hydrogen) atoms. The summed E-state index contributed by atoms with van der Waals surface area (Å²) in [5, 5.41) is 18.0. The van der Waals surface area contributed by atoms with Gasteiger partial charge in [0.15, 0.2) is 0 Å². The molecule has 0 heterocycles. The van der Waals surface area contributed by atoms with Crippen molar-refractivity contribution in [1.29, 1.82) is 0 Å². The molecule has 2 aromatic carbocycles. The lowest BCUT2D eigenvalue weighted by Gasteiger charge is -2.05. The van der Waals surface area contributed by atoms with Crippen LogP contribution in [0, 0.1) is 13.8 Å². The van der Waals surface area contributed by atoms with E-state index < -0.39 is 7.12 Å². The molecule has 0 atom stereocenters. The molecule has 0 aliphatic rings. The Morgan fingerprint density at radius 3 is 2.46 bits per heavy atom. The van der Waals surface area contributed by atoms with Gasteiger partial charge in [-0.3, -0.25) is 9.63 Å². The molecule has 3 N–H and O–H groups in total. The average Bonchev–Trinajstić information content (AvgIpc) is 2.56. The van der Waals surface area contributed by atoms with E-state index in [0.717, 1.165) is 11.1 Å². The van der Waals surface area contributed by atoms with Crippen molar-refractivity contribution in [2.75, 3.05) is 0 Å². The second-order valence-corrected chi connectivity index (χ2v) is 5.55. The van der Waals surface area contributed by atoms with E-state index in [1.807, 2.05) is 32.0 Å². The first-order chi connectivity index (χ1) is 11.5. The highest BCUT2D eigenvalue weighted by Crippen LogP contribution is 2.10. The maximum absolute atomic E-state index is 11.7. The van der Waals surface area contributed by atoms with Gasteiger partial charge in [-0.2, -0.15) is 0 Å². The number of hydrogen-bond donors (Lipinski definition) is 3. The zero-order chi connectivity index (χ0) is 17.5. The second-order valence-electron chi connectivity index (χ2n) is 5.55. The van der Waals surface area contributed by atoms with E-state index >= 15 is 0 Å². The summed E-state index contributed by atoms with van der Waals surface area (Å²) < 4.78 is 0. The van der Waals surface area contributed by atoms with Crippen LogP contribution in [0.5, 0.6) is 0 Å². The molecule has 0 saturated carbocycles. The molecule has 5 nitrogen and oxygen atoms in total. The molecule has 0 bridgehead atoms. The first-order valence-corrected chi connectivity index (χ1v) is 7.58. The van der Waals surface area contributed by atoms with Gasteiger partial charge in [0, 0.05) is 6.08 Å². The highest BCUT2D eigenvalue weighted by molar-refractivity contribution is 6.58. The van der Waals surface area contributed by atoms with Crippen molar-refractivity contribution >= 4 is 24.6 Å². The van der Waals surface area contributed by atoms with E-state index in [4.69, 9.17) is 14.9 Å². The van der Waals surface area contributed by atoms with Crippen LogP contribution in [-0.2, 0) is 16.2 Å². The summed E-state index contributed by atoms with van der Waals surface area (Å²) in [5.41, 5.74) is 6.88.